The van der Waals surface area contributed by atoms with Crippen LogP contribution < -0.4 is 14.2 Å². The molecule has 27 heavy (non-hydrogen) atoms. The lowest BCUT2D eigenvalue weighted by Crippen LogP contribution is -2.15. The maximum atomic E-state index is 12.7. The third kappa shape index (κ3) is 4.37. The van der Waals surface area contributed by atoms with Gasteiger partial charge in [0, 0.05) is 6.07 Å². The Hall–Kier alpha value is -3.07. The number of ether oxygens (including phenoxy) is 2. The Morgan fingerprint density at radius 3 is 2.48 bits per heavy atom. The highest BCUT2D eigenvalue weighted by molar-refractivity contribution is 7.92. The molecule has 0 atom stereocenters. The molecule has 0 saturated heterocycles. The summed E-state index contributed by atoms with van der Waals surface area (Å²) in [6.07, 6.45) is 1.47. The first-order valence-corrected chi connectivity index (χ1v) is 9.59. The summed E-state index contributed by atoms with van der Waals surface area (Å²) in [4.78, 5) is 3.97. The summed E-state index contributed by atoms with van der Waals surface area (Å²) in [7, 11) is -1.09. The molecular weight excluding hydrogens is 368 g/mol. The van der Waals surface area contributed by atoms with Crippen LogP contribution in [0.4, 0.5) is 5.95 Å². The molecule has 8 nitrogen and oxygen atoms in total. The Labute approximate surface area is 157 Å². The van der Waals surface area contributed by atoms with Crippen molar-refractivity contribution in [2.75, 3.05) is 18.9 Å². The lowest BCUT2D eigenvalue weighted by atomic mass is 10.1. The molecule has 0 spiro atoms. The number of nitrogens with one attached hydrogen (secondary N) is 1. The van der Waals surface area contributed by atoms with Gasteiger partial charge in [-0.3, -0.25) is 0 Å². The second-order valence-electron chi connectivity index (χ2n) is 5.87. The SMILES string of the molecule is COc1ccc(OC)c(S(=O)(=O)Nc2ncn(Cc3ccc(C)cc3)n2)c1. The second kappa shape index (κ2) is 7.67. The number of aromatic nitrogens is 3. The van der Waals surface area contributed by atoms with E-state index in [-0.39, 0.29) is 16.6 Å². The molecule has 9 heteroatoms. The smallest absolute Gasteiger partial charge is 0.268 e. The third-order valence-corrected chi connectivity index (χ3v) is 5.24. The Bertz CT molecular complexity index is 1030. The number of rotatable bonds is 7. The molecule has 0 bridgehead atoms. The van der Waals surface area contributed by atoms with Crippen LogP contribution in [0.1, 0.15) is 11.1 Å². The van der Waals surface area contributed by atoms with Gasteiger partial charge in [-0.25, -0.2) is 17.8 Å². The minimum Gasteiger partial charge on any atom is -0.497 e. The van der Waals surface area contributed by atoms with Gasteiger partial charge >= 0.3 is 0 Å². The molecule has 2 aromatic carbocycles. The predicted molar refractivity (Wildman–Crippen MR) is 101 cm³/mol. The number of benzene rings is 2. The largest absolute Gasteiger partial charge is 0.497 e. The molecule has 0 aliphatic heterocycles. The van der Waals surface area contributed by atoms with E-state index in [4.69, 9.17) is 9.47 Å². The van der Waals surface area contributed by atoms with E-state index in [0.717, 1.165) is 11.1 Å². The maximum absolute atomic E-state index is 12.7. The van der Waals surface area contributed by atoms with Crippen molar-refractivity contribution < 1.29 is 17.9 Å². The molecule has 1 N–H and O–H groups in total. The number of hydrogen-bond acceptors (Lipinski definition) is 6. The van der Waals surface area contributed by atoms with Gasteiger partial charge in [0.1, 0.15) is 22.7 Å². The monoisotopic (exact) mass is 388 g/mol. The van der Waals surface area contributed by atoms with Crippen LogP contribution >= 0.6 is 0 Å². The highest BCUT2D eigenvalue weighted by atomic mass is 32.2. The molecule has 0 unspecified atom stereocenters. The molecule has 3 aromatic rings. The molecule has 142 valence electrons. The van der Waals surface area contributed by atoms with Gasteiger partial charge < -0.3 is 9.47 Å². The van der Waals surface area contributed by atoms with Crippen LogP contribution in [-0.4, -0.2) is 37.4 Å². The fourth-order valence-corrected chi connectivity index (χ4v) is 3.60. The summed E-state index contributed by atoms with van der Waals surface area (Å²) in [5, 5.41) is 4.18. The van der Waals surface area contributed by atoms with Crippen molar-refractivity contribution in [3.8, 4) is 11.5 Å². The van der Waals surface area contributed by atoms with Gasteiger partial charge in [-0.05, 0) is 24.6 Å². The molecule has 3 rings (SSSR count). The molecule has 0 saturated carbocycles. The number of hydrogen-bond donors (Lipinski definition) is 1. The van der Waals surface area contributed by atoms with E-state index >= 15 is 0 Å². The van der Waals surface area contributed by atoms with Crippen LogP contribution in [0.5, 0.6) is 11.5 Å². The lowest BCUT2D eigenvalue weighted by molar-refractivity contribution is 0.392. The molecular formula is C18H20N4O4S. The van der Waals surface area contributed by atoms with E-state index in [1.807, 2.05) is 31.2 Å². The molecule has 0 aliphatic carbocycles. The number of methoxy groups -OCH3 is 2. The Morgan fingerprint density at radius 2 is 1.81 bits per heavy atom. The molecule has 1 heterocycles. The fourth-order valence-electron chi connectivity index (χ4n) is 2.47. The van der Waals surface area contributed by atoms with Crippen LogP contribution in [0.15, 0.2) is 53.7 Å². The summed E-state index contributed by atoms with van der Waals surface area (Å²) in [5.41, 5.74) is 2.20. The van der Waals surface area contributed by atoms with Crippen LogP contribution in [0.3, 0.4) is 0 Å². The van der Waals surface area contributed by atoms with E-state index in [1.54, 1.807) is 10.7 Å². The van der Waals surface area contributed by atoms with Crippen molar-refractivity contribution in [2.45, 2.75) is 18.4 Å². The normalized spacial score (nSPS) is 11.2. The first-order chi connectivity index (χ1) is 12.9. The van der Waals surface area contributed by atoms with Crippen molar-refractivity contribution in [1.29, 1.82) is 0 Å². The first-order valence-electron chi connectivity index (χ1n) is 8.11. The highest BCUT2D eigenvalue weighted by Crippen LogP contribution is 2.29. The zero-order chi connectivity index (χ0) is 19.4. The summed E-state index contributed by atoms with van der Waals surface area (Å²) in [6.45, 7) is 2.50. The van der Waals surface area contributed by atoms with Gasteiger partial charge in [0.2, 0.25) is 0 Å². The summed E-state index contributed by atoms with van der Waals surface area (Å²) in [6, 6.07) is 12.5. The van der Waals surface area contributed by atoms with Crippen LogP contribution in [0.2, 0.25) is 0 Å². The zero-order valence-corrected chi connectivity index (χ0v) is 16.0. The van der Waals surface area contributed by atoms with Crippen molar-refractivity contribution in [3.05, 3.63) is 59.9 Å². The van der Waals surface area contributed by atoms with E-state index < -0.39 is 10.0 Å². The number of anilines is 1. The third-order valence-electron chi connectivity index (χ3n) is 3.89. The topological polar surface area (TPSA) is 95.3 Å². The average molecular weight is 388 g/mol. The zero-order valence-electron chi connectivity index (χ0n) is 15.2. The van der Waals surface area contributed by atoms with Crippen molar-refractivity contribution in [1.82, 2.24) is 14.8 Å². The number of sulfonamides is 1. The maximum Gasteiger partial charge on any atom is 0.268 e. The predicted octanol–water partition coefficient (Wildman–Crippen LogP) is 2.45. The molecule has 0 fully saturated rings. The minimum atomic E-state index is -3.95. The standard InChI is InChI=1S/C18H20N4O4S/c1-13-4-6-14(7-5-13)11-22-12-19-18(20-22)21-27(23,24)17-10-15(25-2)8-9-16(17)26-3/h4-10,12H,11H2,1-3H3,(H,20,21). The summed E-state index contributed by atoms with van der Waals surface area (Å²) in [5.74, 6) is 0.573. The molecule has 0 aliphatic rings. The highest BCUT2D eigenvalue weighted by Gasteiger charge is 2.22. The number of nitrogens with zero attached hydrogens (tertiary/aromatic N) is 3. The van der Waals surface area contributed by atoms with Crippen molar-refractivity contribution in [2.24, 2.45) is 0 Å². The quantitative estimate of drug-likeness (QED) is 0.668. The van der Waals surface area contributed by atoms with Gasteiger partial charge in [-0.1, -0.05) is 29.8 Å². The van der Waals surface area contributed by atoms with E-state index in [0.29, 0.717) is 12.3 Å². The Kier molecular flexibility index (Phi) is 5.31. The van der Waals surface area contributed by atoms with Gasteiger partial charge in [0.05, 0.1) is 20.8 Å². The Morgan fingerprint density at radius 1 is 1.07 bits per heavy atom. The molecule has 1 aromatic heterocycles. The second-order valence-corrected chi connectivity index (χ2v) is 7.52. The molecule has 0 amide bonds. The first kappa shape index (κ1) is 18.7. The summed E-state index contributed by atoms with van der Waals surface area (Å²) < 4.78 is 39.6. The van der Waals surface area contributed by atoms with E-state index in [1.165, 1.54) is 32.7 Å². The minimum absolute atomic E-state index is 0.0213. The fraction of sp³-hybridized carbons (Fsp3) is 0.222. The van der Waals surface area contributed by atoms with Crippen LogP contribution in [0, 0.1) is 6.92 Å². The van der Waals surface area contributed by atoms with Crippen LogP contribution in [-0.2, 0) is 16.6 Å². The van der Waals surface area contributed by atoms with Crippen LogP contribution in [0.25, 0.3) is 0 Å². The Balaban J connectivity index is 1.81. The van der Waals surface area contributed by atoms with E-state index in [9.17, 15) is 8.42 Å². The summed E-state index contributed by atoms with van der Waals surface area (Å²) >= 11 is 0. The average Bonchev–Trinajstić information content (AvgIpc) is 3.09. The van der Waals surface area contributed by atoms with Crippen molar-refractivity contribution >= 4 is 16.0 Å². The van der Waals surface area contributed by atoms with Gasteiger partial charge in [0.15, 0.2) is 0 Å². The number of aryl methyl sites for hydroxylation is 1. The van der Waals surface area contributed by atoms with E-state index in [2.05, 4.69) is 14.8 Å². The van der Waals surface area contributed by atoms with Gasteiger partial charge in [0.25, 0.3) is 16.0 Å². The van der Waals surface area contributed by atoms with Gasteiger partial charge in [-0.15, -0.1) is 5.10 Å². The van der Waals surface area contributed by atoms with Gasteiger partial charge in [-0.2, -0.15) is 4.98 Å². The van der Waals surface area contributed by atoms with Crippen molar-refractivity contribution in [3.63, 3.8) is 0 Å². The lowest BCUT2D eigenvalue weighted by Gasteiger charge is -2.11. The molecule has 0 radical (unpaired) electrons.